The third-order valence-electron chi connectivity index (χ3n) is 8.93. The fraction of sp³-hybridized carbons (Fsp3) is 0.704. The molecular formula is C27H37FO4. The average Bonchev–Trinajstić information content (AvgIpc) is 2.98. The van der Waals surface area contributed by atoms with Gasteiger partial charge in [0.1, 0.15) is 12.4 Å². The normalized spacial score (nSPS) is 42.6. The van der Waals surface area contributed by atoms with Crippen molar-refractivity contribution in [1.29, 1.82) is 0 Å². The van der Waals surface area contributed by atoms with Gasteiger partial charge in [-0.2, -0.15) is 0 Å². The number of allylic oxidation sites excluding steroid dienone is 6. The number of aliphatic hydroxyl groups excluding tert-OH is 1. The van der Waals surface area contributed by atoms with Gasteiger partial charge in [-0.3, -0.25) is 9.59 Å². The molecular weight excluding hydrogens is 407 g/mol. The fourth-order valence-electron chi connectivity index (χ4n) is 7.63. The van der Waals surface area contributed by atoms with Crippen molar-refractivity contribution in [3.63, 3.8) is 0 Å². The lowest BCUT2D eigenvalue weighted by Crippen LogP contribution is -2.55. The van der Waals surface area contributed by atoms with Gasteiger partial charge in [0, 0.05) is 29.4 Å². The summed E-state index contributed by atoms with van der Waals surface area (Å²) in [5.74, 6) is -0.768. The largest absolute Gasteiger partial charge is 0.393 e. The molecule has 0 aromatic heterocycles. The first kappa shape index (κ1) is 23.6. The Morgan fingerprint density at radius 3 is 2.78 bits per heavy atom. The highest BCUT2D eigenvalue weighted by Gasteiger charge is 2.64. The number of Topliss-reactive ketones (excluding diaryl/α,β-unsaturated/α-hetero) is 1. The minimum absolute atomic E-state index is 0.107. The van der Waals surface area contributed by atoms with Crippen LogP contribution >= 0.6 is 0 Å². The molecule has 0 saturated heterocycles. The number of hydrogen-bond acceptors (Lipinski definition) is 4. The summed E-state index contributed by atoms with van der Waals surface area (Å²) in [7, 11) is 0. The van der Waals surface area contributed by atoms with Gasteiger partial charge in [-0.15, -0.1) is 0 Å². The van der Waals surface area contributed by atoms with E-state index in [0.717, 1.165) is 25.7 Å². The molecule has 8 atom stereocenters. The Labute approximate surface area is 191 Å². The molecule has 0 heterocycles. The molecule has 2 saturated carbocycles. The molecule has 0 aromatic rings. The molecule has 0 radical (unpaired) electrons. The van der Waals surface area contributed by atoms with E-state index in [1.807, 2.05) is 6.92 Å². The number of unbranched alkanes of at least 4 members (excludes halogenated alkanes) is 2. The molecule has 5 heteroatoms. The van der Waals surface area contributed by atoms with Gasteiger partial charge in [0.25, 0.3) is 0 Å². The maximum Gasteiger partial charge on any atom is 0.178 e. The predicted octanol–water partition coefficient (Wildman–Crippen LogP) is 4.98. The molecule has 1 N–H and O–H groups in total. The smallest absolute Gasteiger partial charge is 0.178 e. The summed E-state index contributed by atoms with van der Waals surface area (Å²) in [6.07, 6.45) is 10.1. The van der Waals surface area contributed by atoms with Gasteiger partial charge in [0.05, 0.1) is 6.10 Å². The second-order valence-corrected chi connectivity index (χ2v) is 11.0. The van der Waals surface area contributed by atoms with Gasteiger partial charge >= 0.3 is 0 Å². The lowest BCUT2D eigenvalue weighted by Gasteiger charge is -2.56. The summed E-state index contributed by atoms with van der Waals surface area (Å²) in [4.78, 5) is 25.2. The minimum atomic E-state index is -0.716. The molecule has 176 valence electrons. The van der Waals surface area contributed by atoms with Crippen molar-refractivity contribution in [3.8, 4) is 0 Å². The summed E-state index contributed by atoms with van der Waals surface area (Å²) in [5, 5.41) is 11.4. The van der Waals surface area contributed by atoms with Gasteiger partial charge < -0.3 is 9.84 Å². The second kappa shape index (κ2) is 8.64. The van der Waals surface area contributed by atoms with E-state index < -0.39 is 16.9 Å². The number of rotatable bonds is 7. The zero-order valence-corrected chi connectivity index (χ0v) is 19.8. The Balaban J connectivity index is 1.61. The summed E-state index contributed by atoms with van der Waals surface area (Å²) in [5.41, 5.74) is -0.730. The van der Waals surface area contributed by atoms with Crippen molar-refractivity contribution in [2.24, 2.45) is 40.4 Å². The number of fused-ring (bicyclic) bond motifs is 5. The van der Waals surface area contributed by atoms with Crippen LogP contribution < -0.4 is 0 Å². The van der Waals surface area contributed by atoms with Crippen LogP contribution in [0.2, 0.25) is 0 Å². The molecule has 0 amide bonds. The van der Waals surface area contributed by atoms with Crippen LogP contribution in [0.15, 0.2) is 35.7 Å². The van der Waals surface area contributed by atoms with E-state index in [1.165, 1.54) is 12.2 Å². The van der Waals surface area contributed by atoms with E-state index in [9.17, 15) is 14.7 Å². The van der Waals surface area contributed by atoms with Gasteiger partial charge in [-0.25, -0.2) is 4.39 Å². The first-order chi connectivity index (χ1) is 15.1. The molecule has 0 bridgehead atoms. The van der Waals surface area contributed by atoms with Crippen LogP contribution in [-0.2, 0) is 14.3 Å². The number of halogens is 1. The Bertz CT molecular complexity index is 873. The number of carbonyl (C=O) groups excluding carboxylic acids is 2. The molecule has 32 heavy (non-hydrogen) atoms. The Kier molecular flexibility index (Phi) is 6.36. The number of carbonyl (C=O) groups is 2. The van der Waals surface area contributed by atoms with Crippen LogP contribution in [-0.4, -0.2) is 36.0 Å². The first-order valence-electron chi connectivity index (χ1n) is 12.2. The summed E-state index contributed by atoms with van der Waals surface area (Å²) in [6, 6.07) is 0. The van der Waals surface area contributed by atoms with E-state index in [4.69, 9.17) is 4.74 Å². The zero-order valence-electron chi connectivity index (χ0n) is 19.8. The highest BCUT2D eigenvalue weighted by molar-refractivity contribution is 6.01. The van der Waals surface area contributed by atoms with Crippen LogP contribution in [0.3, 0.4) is 0 Å². The topological polar surface area (TPSA) is 63.6 Å². The van der Waals surface area contributed by atoms with Crippen LogP contribution in [0.4, 0.5) is 4.39 Å². The van der Waals surface area contributed by atoms with Crippen molar-refractivity contribution < 1.29 is 23.8 Å². The number of ketones is 2. The monoisotopic (exact) mass is 444 g/mol. The lowest BCUT2D eigenvalue weighted by atomic mass is 9.48. The zero-order chi connectivity index (χ0) is 23.3. The molecule has 4 rings (SSSR count). The van der Waals surface area contributed by atoms with Crippen LogP contribution in [0.1, 0.15) is 59.8 Å². The van der Waals surface area contributed by atoms with Gasteiger partial charge in [0.2, 0.25) is 0 Å². The first-order valence-corrected chi connectivity index (χ1v) is 12.2. The predicted molar refractivity (Wildman–Crippen MR) is 121 cm³/mol. The van der Waals surface area contributed by atoms with Crippen molar-refractivity contribution in [3.05, 3.63) is 35.7 Å². The quantitative estimate of drug-likeness (QED) is 0.563. The summed E-state index contributed by atoms with van der Waals surface area (Å²) >= 11 is 0. The number of hydrogen-bond donors (Lipinski definition) is 1. The Hall–Kier alpha value is -1.59. The number of ether oxygens (including phenoxy) is 1. The van der Waals surface area contributed by atoms with Gasteiger partial charge in [-0.05, 0) is 60.7 Å². The highest BCUT2D eigenvalue weighted by atomic mass is 19.1. The van der Waals surface area contributed by atoms with Crippen molar-refractivity contribution in [2.75, 3.05) is 13.2 Å². The maximum atomic E-state index is 15.3. The second-order valence-electron chi connectivity index (χ2n) is 11.0. The Morgan fingerprint density at radius 1 is 1.31 bits per heavy atom. The SMILES string of the molecule is CCCCCOCC(=O)[C@H]1C(C)C[C@H]2[C@@H]3C=C(F)C4=CC(=O)C=C[C@]4(C)[C@H]3C(O)C[C@]12C. The third kappa shape index (κ3) is 3.66. The van der Waals surface area contributed by atoms with E-state index in [2.05, 4.69) is 20.8 Å². The maximum absolute atomic E-state index is 15.3. The lowest BCUT2D eigenvalue weighted by molar-refractivity contribution is -0.139. The molecule has 4 nitrogen and oxygen atoms in total. The minimum Gasteiger partial charge on any atom is -0.393 e. The molecule has 4 aliphatic carbocycles. The molecule has 0 spiro atoms. The van der Waals surface area contributed by atoms with E-state index in [0.29, 0.717) is 18.6 Å². The van der Waals surface area contributed by atoms with Crippen LogP contribution in [0.25, 0.3) is 0 Å². The summed E-state index contributed by atoms with van der Waals surface area (Å²) < 4.78 is 21.0. The number of aliphatic hydroxyl groups is 1. The highest BCUT2D eigenvalue weighted by Crippen LogP contribution is 2.66. The average molecular weight is 445 g/mol. The molecule has 4 aliphatic rings. The van der Waals surface area contributed by atoms with Crippen molar-refractivity contribution >= 4 is 11.6 Å². The van der Waals surface area contributed by atoms with Gasteiger partial charge in [-0.1, -0.05) is 46.6 Å². The fourth-order valence-corrected chi connectivity index (χ4v) is 7.63. The summed E-state index contributed by atoms with van der Waals surface area (Å²) in [6.45, 7) is 9.00. The van der Waals surface area contributed by atoms with E-state index in [-0.39, 0.29) is 53.6 Å². The molecule has 0 aromatic carbocycles. The molecule has 0 aliphatic heterocycles. The Morgan fingerprint density at radius 2 is 2.06 bits per heavy atom. The van der Waals surface area contributed by atoms with E-state index in [1.54, 1.807) is 12.2 Å². The van der Waals surface area contributed by atoms with E-state index >= 15 is 4.39 Å². The van der Waals surface area contributed by atoms with Crippen molar-refractivity contribution in [1.82, 2.24) is 0 Å². The van der Waals surface area contributed by atoms with Crippen LogP contribution in [0.5, 0.6) is 0 Å². The third-order valence-corrected chi connectivity index (χ3v) is 8.93. The molecule has 2 unspecified atom stereocenters. The molecule has 2 fully saturated rings. The van der Waals surface area contributed by atoms with Crippen LogP contribution in [0, 0.1) is 40.4 Å². The standard InChI is InChI=1S/C27H37FO4/c1-5-6-7-10-32-15-23(31)24-16(2)11-19-18-13-21(28)20-12-17(29)8-9-26(20,3)25(18)22(30)14-27(19,24)4/h8-9,12-13,16,18-19,22,24-25,30H,5-7,10-11,14-15H2,1-4H3/t16?,18-,19-,22?,24+,25+,26-,27-/m0/s1. The van der Waals surface area contributed by atoms with Crippen molar-refractivity contribution in [2.45, 2.75) is 65.9 Å². The van der Waals surface area contributed by atoms with Gasteiger partial charge in [0.15, 0.2) is 11.6 Å².